The van der Waals surface area contributed by atoms with E-state index < -0.39 is 46.9 Å². The highest BCUT2D eigenvalue weighted by Gasteiger charge is 2.46. The van der Waals surface area contributed by atoms with Crippen LogP contribution in [0.3, 0.4) is 0 Å². The molecule has 7 nitrogen and oxygen atoms in total. The summed E-state index contributed by atoms with van der Waals surface area (Å²) in [5.41, 5.74) is 0.643. The summed E-state index contributed by atoms with van der Waals surface area (Å²) in [5.74, 6) is -6.12. The Balaban J connectivity index is 1.40. The topological polar surface area (TPSA) is 77.1 Å². The van der Waals surface area contributed by atoms with Gasteiger partial charge in [0.15, 0.2) is 18.2 Å². The van der Waals surface area contributed by atoms with Crippen molar-refractivity contribution in [2.75, 3.05) is 18.4 Å². The molecule has 12 heteroatoms. The van der Waals surface area contributed by atoms with Gasteiger partial charge < -0.3 is 15.1 Å². The summed E-state index contributed by atoms with van der Waals surface area (Å²) in [5, 5.41) is 13.3. The third-order valence-electron chi connectivity index (χ3n) is 6.11. The summed E-state index contributed by atoms with van der Waals surface area (Å²) in [6, 6.07) is 4.22. The zero-order chi connectivity index (χ0) is 25.3. The van der Waals surface area contributed by atoms with Crippen molar-refractivity contribution in [1.82, 2.24) is 14.5 Å². The molecule has 0 aliphatic carbocycles. The Morgan fingerprint density at radius 2 is 1.97 bits per heavy atom. The Morgan fingerprint density at radius 1 is 1.31 bits per heavy atom. The van der Waals surface area contributed by atoms with E-state index in [0.717, 1.165) is 12.1 Å². The molecule has 3 aromatic rings. The highest BCUT2D eigenvalue weighted by atomic mass is 35.5. The second-order valence-corrected chi connectivity index (χ2v) is 8.90. The number of imidazole rings is 1. The fraction of sp³-hybridized carbons (Fsp3) is 0.348. The van der Waals surface area contributed by atoms with Gasteiger partial charge in [0.25, 0.3) is 5.92 Å². The van der Waals surface area contributed by atoms with Crippen LogP contribution in [0.15, 0.2) is 49.2 Å². The molecule has 4 rings (SSSR count). The van der Waals surface area contributed by atoms with E-state index in [1.807, 2.05) is 0 Å². The minimum absolute atomic E-state index is 0.0224. The van der Waals surface area contributed by atoms with Crippen LogP contribution in [0, 0.1) is 16.8 Å². The number of amides is 1. The first-order chi connectivity index (χ1) is 16.5. The molecule has 1 aliphatic rings. The number of carbonyl (C=O) groups excluding carboxylic acids is 1. The number of halogens is 5. The Morgan fingerprint density at radius 3 is 2.63 bits per heavy atom. The summed E-state index contributed by atoms with van der Waals surface area (Å²) in [4.78, 5) is 18.5. The van der Waals surface area contributed by atoms with E-state index >= 15 is 0 Å². The first-order valence-corrected chi connectivity index (χ1v) is 11.2. The molecule has 1 fully saturated rings. The first kappa shape index (κ1) is 24.9. The molecule has 0 saturated carbocycles. The molecule has 1 aliphatic heterocycles. The van der Waals surface area contributed by atoms with Gasteiger partial charge in [-0.25, -0.2) is 22.5 Å². The SMILES string of the molecule is C[C@@H](C(=O)Nc1cn(Cc2cc(F)c(Cl)c(F)c2)cn1)N1CCC(F)(F)[C@@H](c2cc[n+]([O-])cc2)C1. The minimum atomic E-state index is -2.97. The number of pyridine rings is 1. The molecule has 0 spiro atoms. The molecule has 1 N–H and O–H groups in total. The zero-order valence-electron chi connectivity index (χ0n) is 18.6. The van der Waals surface area contributed by atoms with Crippen LogP contribution in [0.4, 0.5) is 23.4 Å². The maximum absolute atomic E-state index is 14.6. The number of hydrogen-bond acceptors (Lipinski definition) is 4. The maximum atomic E-state index is 14.6. The second-order valence-electron chi connectivity index (χ2n) is 8.52. The van der Waals surface area contributed by atoms with Gasteiger partial charge in [-0.1, -0.05) is 11.6 Å². The van der Waals surface area contributed by atoms with E-state index in [0.29, 0.717) is 15.9 Å². The van der Waals surface area contributed by atoms with Gasteiger partial charge in [-0.2, -0.15) is 4.73 Å². The predicted octanol–water partition coefficient (Wildman–Crippen LogP) is 3.95. The van der Waals surface area contributed by atoms with Gasteiger partial charge in [-0.05, 0) is 30.2 Å². The standard InChI is InChI=1S/C23H22ClF4N5O2/c1-14(32-7-4-23(27,28)17(11-32)16-2-5-33(35)6-3-16)22(34)30-20-12-31(13-29-20)10-15-8-18(25)21(24)19(26)9-15/h2-3,5-6,8-9,12-14,17H,4,7,10-11H2,1H3,(H,30,34)/t14-,17+/m0/s1. The smallest absolute Gasteiger partial charge is 0.257 e. The summed E-state index contributed by atoms with van der Waals surface area (Å²) in [7, 11) is 0. The molecule has 2 aromatic heterocycles. The first-order valence-electron chi connectivity index (χ1n) is 10.8. The predicted molar refractivity (Wildman–Crippen MR) is 120 cm³/mol. The summed E-state index contributed by atoms with van der Waals surface area (Å²) >= 11 is 5.50. The summed E-state index contributed by atoms with van der Waals surface area (Å²) < 4.78 is 58.6. The molecule has 186 valence electrons. The van der Waals surface area contributed by atoms with Crippen molar-refractivity contribution in [1.29, 1.82) is 0 Å². The summed E-state index contributed by atoms with van der Waals surface area (Å²) in [6.07, 6.45) is 4.79. The molecule has 0 bridgehead atoms. The largest absolute Gasteiger partial charge is 0.619 e. The number of piperidine rings is 1. The Kier molecular flexibility index (Phi) is 7.00. The number of alkyl halides is 2. The number of rotatable bonds is 6. The van der Waals surface area contributed by atoms with Gasteiger partial charge in [0, 0.05) is 44.4 Å². The van der Waals surface area contributed by atoms with Crippen LogP contribution in [0.1, 0.15) is 30.4 Å². The Labute approximate surface area is 203 Å². The van der Waals surface area contributed by atoms with Crippen molar-refractivity contribution >= 4 is 23.3 Å². The van der Waals surface area contributed by atoms with Crippen LogP contribution in [-0.2, 0) is 11.3 Å². The van der Waals surface area contributed by atoms with Crippen molar-refractivity contribution in [2.45, 2.75) is 37.8 Å². The molecule has 35 heavy (non-hydrogen) atoms. The summed E-state index contributed by atoms with van der Waals surface area (Å²) in [6.45, 7) is 1.66. The van der Waals surface area contributed by atoms with Gasteiger partial charge in [0.05, 0.1) is 18.3 Å². The number of benzene rings is 1. The lowest BCUT2D eigenvalue weighted by molar-refractivity contribution is -0.605. The quantitative estimate of drug-likeness (QED) is 0.235. The van der Waals surface area contributed by atoms with Gasteiger partial charge in [-0.3, -0.25) is 9.69 Å². The highest BCUT2D eigenvalue weighted by molar-refractivity contribution is 6.30. The van der Waals surface area contributed by atoms with E-state index in [9.17, 15) is 27.6 Å². The number of anilines is 1. The van der Waals surface area contributed by atoms with Crippen molar-refractivity contribution < 1.29 is 27.1 Å². The third-order valence-corrected chi connectivity index (χ3v) is 6.47. The lowest BCUT2D eigenvalue weighted by atomic mass is 9.87. The number of hydrogen-bond donors (Lipinski definition) is 1. The molecular formula is C23H22ClF4N5O2. The second kappa shape index (κ2) is 9.82. The van der Waals surface area contributed by atoms with E-state index in [1.165, 1.54) is 41.6 Å². The van der Waals surface area contributed by atoms with E-state index in [-0.39, 0.29) is 25.5 Å². The number of aromatic nitrogens is 3. The monoisotopic (exact) mass is 511 g/mol. The van der Waals surface area contributed by atoms with E-state index in [2.05, 4.69) is 10.3 Å². The molecule has 2 atom stereocenters. The molecule has 3 heterocycles. The molecule has 1 aromatic carbocycles. The Bertz CT molecular complexity index is 1200. The number of nitrogens with one attached hydrogen (secondary N) is 1. The zero-order valence-corrected chi connectivity index (χ0v) is 19.4. The average Bonchev–Trinajstić information content (AvgIpc) is 3.24. The highest BCUT2D eigenvalue weighted by Crippen LogP contribution is 2.40. The normalized spacial score (nSPS) is 18.9. The van der Waals surface area contributed by atoms with Crippen LogP contribution >= 0.6 is 11.6 Å². The average molecular weight is 512 g/mol. The number of nitrogens with zero attached hydrogens (tertiary/aromatic N) is 4. The van der Waals surface area contributed by atoms with Crippen LogP contribution < -0.4 is 10.0 Å². The molecule has 1 amide bonds. The van der Waals surface area contributed by atoms with Crippen LogP contribution in [-0.4, -0.2) is 45.4 Å². The number of carbonyl (C=O) groups is 1. The molecule has 0 radical (unpaired) electrons. The van der Waals surface area contributed by atoms with Crippen molar-refractivity contribution in [3.8, 4) is 0 Å². The van der Waals surface area contributed by atoms with E-state index in [4.69, 9.17) is 11.6 Å². The fourth-order valence-corrected chi connectivity index (χ4v) is 4.21. The lowest BCUT2D eigenvalue weighted by Gasteiger charge is -2.40. The molecule has 0 unspecified atom stereocenters. The Hall–Kier alpha value is -3.18. The number of likely N-dealkylation sites (tertiary alicyclic amines) is 1. The van der Waals surface area contributed by atoms with Gasteiger partial charge >= 0.3 is 0 Å². The minimum Gasteiger partial charge on any atom is -0.619 e. The van der Waals surface area contributed by atoms with Crippen LogP contribution in [0.25, 0.3) is 0 Å². The van der Waals surface area contributed by atoms with Gasteiger partial charge in [-0.15, -0.1) is 0 Å². The van der Waals surface area contributed by atoms with Crippen molar-refractivity contribution in [2.24, 2.45) is 0 Å². The fourth-order valence-electron chi connectivity index (χ4n) is 4.10. The van der Waals surface area contributed by atoms with Crippen molar-refractivity contribution in [3.05, 3.63) is 82.2 Å². The van der Waals surface area contributed by atoms with Crippen LogP contribution in [0.2, 0.25) is 5.02 Å². The third kappa shape index (κ3) is 5.57. The van der Waals surface area contributed by atoms with Crippen molar-refractivity contribution in [3.63, 3.8) is 0 Å². The van der Waals surface area contributed by atoms with Crippen LogP contribution in [0.5, 0.6) is 0 Å². The molecular weight excluding hydrogens is 490 g/mol. The lowest BCUT2D eigenvalue weighted by Crippen LogP contribution is -2.52. The van der Waals surface area contributed by atoms with Gasteiger partial charge in [0.2, 0.25) is 5.91 Å². The van der Waals surface area contributed by atoms with E-state index in [1.54, 1.807) is 11.8 Å². The maximum Gasteiger partial charge on any atom is 0.257 e. The molecule has 1 saturated heterocycles. The van der Waals surface area contributed by atoms with Gasteiger partial charge in [0.1, 0.15) is 16.7 Å².